The first-order chi connectivity index (χ1) is 7.06. The summed E-state index contributed by atoms with van der Waals surface area (Å²) in [6.07, 6.45) is 0. The van der Waals surface area contributed by atoms with Crippen LogP contribution < -0.4 is 16.1 Å². The second-order valence-corrected chi connectivity index (χ2v) is 4.99. The molecule has 2 rings (SSSR count). The molecule has 15 heavy (non-hydrogen) atoms. The Morgan fingerprint density at radius 2 is 1.67 bits per heavy atom. The molecule has 5 N–H and O–H groups in total. The number of benzene rings is 2. The summed E-state index contributed by atoms with van der Waals surface area (Å²) < 4.78 is 11.3. The molecule has 0 aliphatic carbocycles. The summed E-state index contributed by atoms with van der Waals surface area (Å²) >= 11 is 0. The van der Waals surface area contributed by atoms with Crippen LogP contribution in [0, 0.1) is 0 Å². The Morgan fingerprint density at radius 1 is 1.00 bits per heavy atom. The standard InChI is InChI=1S/C10H12N3OP/c11-15(12,14)13-10-7-3-5-8-4-1-2-6-9(8)10/h1-7H,(H5,11,12,13,14). The van der Waals surface area contributed by atoms with E-state index in [9.17, 15) is 4.57 Å². The van der Waals surface area contributed by atoms with E-state index in [4.69, 9.17) is 11.0 Å². The zero-order valence-corrected chi connectivity index (χ0v) is 8.95. The van der Waals surface area contributed by atoms with Gasteiger partial charge in [0.1, 0.15) is 0 Å². The maximum absolute atomic E-state index is 11.3. The van der Waals surface area contributed by atoms with Crippen LogP contribution in [0.3, 0.4) is 0 Å². The zero-order valence-electron chi connectivity index (χ0n) is 8.05. The Hall–Kier alpha value is -1.35. The van der Waals surface area contributed by atoms with Crippen molar-refractivity contribution in [3.05, 3.63) is 42.5 Å². The second kappa shape index (κ2) is 3.66. The smallest absolute Gasteiger partial charge is 0.298 e. The Labute approximate surface area is 87.8 Å². The zero-order chi connectivity index (χ0) is 10.9. The normalized spacial score (nSPS) is 11.6. The maximum Gasteiger partial charge on any atom is 0.298 e. The van der Waals surface area contributed by atoms with Gasteiger partial charge >= 0.3 is 0 Å². The molecular weight excluding hydrogens is 209 g/mol. The lowest BCUT2D eigenvalue weighted by Crippen LogP contribution is -2.13. The van der Waals surface area contributed by atoms with Gasteiger partial charge in [-0.25, -0.2) is 0 Å². The molecule has 78 valence electrons. The van der Waals surface area contributed by atoms with Crippen LogP contribution in [0.25, 0.3) is 10.8 Å². The summed E-state index contributed by atoms with van der Waals surface area (Å²) in [5.41, 5.74) is 11.3. The van der Waals surface area contributed by atoms with Gasteiger partial charge < -0.3 is 5.09 Å². The van der Waals surface area contributed by atoms with Crippen molar-refractivity contribution in [3.63, 3.8) is 0 Å². The van der Waals surface area contributed by atoms with Crippen molar-refractivity contribution in [2.45, 2.75) is 0 Å². The number of hydrogen-bond acceptors (Lipinski definition) is 1. The van der Waals surface area contributed by atoms with E-state index < -0.39 is 7.59 Å². The first-order valence-electron chi connectivity index (χ1n) is 4.49. The van der Waals surface area contributed by atoms with Crippen molar-refractivity contribution in [2.24, 2.45) is 11.0 Å². The van der Waals surface area contributed by atoms with Gasteiger partial charge in [0.25, 0.3) is 7.59 Å². The van der Waals surface area contributed by atoms with Crippen molar-refractivity contribution in [2.75, 3.05) is 5.09 Å². The third-order valence-corrected chi connectivity index (χ3v) is 2.68. The van der Waals surface area contributed by atoms with Crippen LogP contribution in [0.2, 0.25) is 0 Å². The minimum absolute atomic E-state index is 0.696. The number of rotatable bonds is 2. The average Bonchev–Trinajstić information content (AvgIpc) is 2.16. The molecule has 0 unspecified atom stereocenters. The third kappa shape index (κ3) is 2.36. The van der Waals surface area contributed by atoms with Crippen LogP contribution in [-0.2, 0) is 4.57 Å². The number of nitrogens with two attached hydrogens (primary N) is 2. The molecule has 5 heteroatoms. The van der Waals surface area contributed by atoms with Gasteiger partial charge in [-0.3, -0.25) is 15.6 Å². The second-order valence-electron chi connectivity index (χ2n) is 3.35. The summed E-state index contributed by atoms with van der Waals surface area (Å²) in [6, 6.07) is 13.4. The van der Waals surface area contributed by atoms with Crippen LogP contribution in [0.4, 0.5) is 5.69 Å². The Kier molecular flexibility index (Phi) is 2.49. The minimum Gasteiger partial charge on any atom is -0.313 e. The lowest BCUT2D eigenvalue weighted by atomic mass is 10.1. The summed E-state index contributed by atoms with van der Waals surface area (Å²) in [7, 11) is -3.24. The van der Waals surface area contributed by atoms with Crippen molar-refractivity contribution in [3.8, 4) is 0 Å². The molecule has 0 saturated carbocycles. The van der Waals surface area contributed by atoms with Gasteiger partial charge in [0.15, 0.2) is 0 Å². The highest BCUT2D eigenvalue weighted by atomic mass is 31.2. The number of hydrogen-bond donors (Lipinski definition) is 3. The third-order valence-electron chi connectivity index (χ3n) is 2.08. The van der Waals surface area contributed by atoms with E-state index in [1.807, 2.05) is 36.4 Å². The lowest BCUT2D eigenvalue weighted by Gasteiger charge is -2.12. The highest BCUT2D eigenvalue weighted by molar-refractivity contribution is 7.60. The Morgan fingerprint density at radius 3 is 2.40 bits per heavy atom. The number of anilines is 1. The molecular formula is C10H12N3OP. The van der Waals surface area contributed by atoms with E-state index >= 15 is 0 Å². The quantitative estimate of drug-likeness (QED) is 0.679. The van der Waals surface area contributed by atoms with Gasteiger partial charge in [-0.2, -0.15) is 0 Å². The van der Waals surface area contributed by atoms with Gasteiger partial charge in [-0.05, 0) is 11.5 Å². The topological polar surface area (TPSA) is 81.1 Å². The molecule has 0 aliphatic rings. The molecule has 4 nitrogen and oxygen atoms in total. The Balaban J connectivity index is 2.56. The highest BCUT2D eigenvalue weighted by Gasteiger charge is 2.09. The fraction of sp³-hybridized carbons (Fsp3) is 0. The first-order valence-corrected chi connectivity index (χ1v) is 6.34. The molecule has 0 aromatic heterocycles. The molecule has 2 aromatic carbocycles. The van der Waals surface area contributed by atoms with Crippen LogP contribution in [-0.4, -0.2) is 0 Å². The van der Waals surface area contributed by atoms with E-state index in [1.54, 1.807) is 6.07 Å². The largest absolute Gasteiger partial charge is 0.313 e. The molecule has 0 radical (unpaired) electrons. The molecule has 2 aromatic rings. The van der Waals surface area contributed by atoms with Crippen molar-refractivity contribution in [1.29, 1.82) is 0 Å². The summed E-state index contributed by atoms with van der Waals surface area (Å²) in [4.78, 5) is 0. The Bertz CT molecular complexity index is 530. The van der Waals surface area contributed by atoms with E-state index in [0.717, 1.165) is 10.8 Å². The van der Waals surface area contributed by atoms with Gasteiger partial charge in [0.2, 0.25) is 0 Å². The molecule has 0 saturated heterocycles. The van der Waals surface area contributed by atoms with Gasteiger partial charge in [0.05, 0.1) is 0 Å². The van der Waals surface area contributed by atoms with E-state index in [-0.39, 0.29) is 0 Å². The van der Waals surface area contributed by atoms with E-state index in [0.29, 0.717) is 5.69 Å². The fourth-order valence-electron chi connectivity index (χ4n) is 1.51. The van der Waals surface area contributed by atoms with E-state index in [2.05, 4.69) is 5.09 Å². The predicted molar refractivity (Wildman–Crippen MR) is 63.6 cm³/mol. The van der Waals surface area contributed by atoms with E-state index in [1.165, 1.54) is 0 Å². The van der Waals surface area contributed by atoms with Crippen molar-refractivity contribution >= 4 is 24.1 Å². The summed E-state index contributed by atoms with van der Waals surface area (Å²) in [5.74, 6) is 0. The average molecular weight is 221 g/mol. The van der Waals surface area contributed by atoms with Gasteiger partial charge in [0, 0.05) is 11.1 Å². The summed E-state index contributed by atoms with van der Waals surface area (Å²) in [5, 5.41) is 4.64. The molecule has 0 aliphatic heterocycles. The highest BCUT2D eigenvalue weighted by Crippen LogP contribution is 2.32. The lowest BCUT2D eigenvalue weighted by molar-refractivity contribution is 0.580. The molecule has 0 amide bonds. The minimum atomic E-state index is -3.24. The van der Waals surface area contributed by atoms with Crippen LogP contribution in [0.15, 0.2) is 42.5 Å². The van der Waals surface area contributed by atoms with Crippen molar-refractivity contribution < 1.29 is 4.57 Å². The molecule has 0 atom stereocenters. The van der Waals surface area contributed by atoms with Gasteiger partial charge in [-0.15, -0.1) is 0 Å². The first kappa shape index (κ1) is 10.2. The molecule has 0 heterocycles. The predicted octanol–water partition coefficient (Wildman–Crippen LogP) is 2.28. The van der Waals surface area contributed by atoms with Crippen LogP contribution in [0.5, 0.6) is 0 Å². The molecule has 0 bridgehead atoms. The maximum atomic E-state index is 11.3. The van der Waals surface area contributed by atoms with Gasteiger partial charge in [-0.1, -0.05) is 36.4 Å². The van der Waals surface area contributed by atoms with Crippen LogP contribution >= 0.6 is 7.59 Å². The SMILES string of the molecule is NP(N)(=O)Nc1cccc2ccccc12. The number of nitrogens with one attached hydrogen (secondary N) is 1. The van der Waals surface area contributed by atoms with Crippen LogP contribution in [0.1, 0.15) is 0 Å². The molecule has 0 spiro atoms. The molecule has 0 fully saturated rings. The fourth-order valence-corrected chi connectivity index (χ4v) is 2.08. The summed E-state index contributed by atoms with van der Waals surface area (Å²) in [6.45, 7) is 0. The van der Waals surface area contributed by atoms with Crippen molar-refractivity contribution in [1.82, 2.24) is 0 Å². The number of fused-ring (bicyclic) bond motifs is 1. The monoisotopic (exact) mass is 221 g/mol.